The molecule has 0 spiro atoms. The molecule has 1 unspecified atom stereocenters. The van der Waals surface area contributed by atoms with E-state index in [2.05, 4.69) is 5.32 Å². The van der Waals surface area contributed by atoms with Gasteiger partial charge in [0.2, 0.25) is 0 Å². The number of nitrogens with one attached hydrogen (secondary N) is 2. The number of amidine groups is 1. The van der Waals surface area contributed by atoms with Crippen LogP contribution in [0.5, 0.6) is 5.75 Å². The lowest BCUT2D eigenvalue weighted by atomic mass is 9.83. The summed E-state index contributed by atoms with van der Waals surface area (Å²) in [6.45, 7) is 0.234. The Morgan fingerprint density at radius 3 is 2.51 bits per heavy atom. The van der Waals surface area contributed by atoms with Crippen LogP contribution in [0.4, 0.5) is 8.78 Å². The average molecular weight is 488 g/mol. The fourth-order valence-corrected chi connectivity index (χ4v) is 4.03. The van der Waals surface area contributed by atoms with Crippen LogP contribution >= 0.6 is 0 Å². The Bertz CT molecular complexity index is 1130. The van der Waals surface area contributed by atoms with E-state index in [4.69, 9.17) is 15.9 Å². The van der Waals surface area contributed by atoms with E-state index < -0.39 is 41.4 Å². The highest BCUT2D eigenvalue weighted by molar-refractivity contribution is 6.36. The monoisotopic (exact) mass is 488 g/mol. The van der Waals surface area contributed by atoms with Crippen molar-refractivity contribution in [2.75, 3.05) is 19.7 Å². The predicted octanol–water partition coefficient (Wildman–Crippen LogP) is 1.82. The van der Waals surface area contributed by atoms with Crippen LogP contribution in [0.25, 0.3) is 0 Å². The maximum Gasteiger partial charge on any atom is 0.329 e. The number of carbonyl (C=O) groups excluding carboxylic acids is 2. The van der Waals surface area contributed by atoms with Crippen LogP contribution in [0, 0.1) is 17.0 Å². The normalized spacial score (nSPS) is 15.3. The summed E-state index contributed by atoms with van der Waals surface area (Å²) in [5, 5.41) is 20.0. The predicted molar refractivity (Wildman–Crippen MR) is 122 cm³/mol. The van der Waals surface area contributed by atoms with E-state index in [1.807, 2.05) is 0 Å². The number of hydrogen-bond acceptors (Lipinski definition) is 5. The van der Waals surface area contributed by atoms with Gasteiger partial charge >= 0.3 is 17.8 Å². The van der Waals surface area contributed by atoms with Gasteiger partial charge in [0.1, 0.15) is 28.8 Å². The molecule has 1 aliphatic rings. The zero-order valence-corrected chi connectivity index (χ0v) is 18.9. The molecule has 0 bridgehead atoms. The molecule has 186 valence electrons. The molecule has 1 atom stereocenters. The third-order valence-electron chi connectivity index (χ3n) is 5.89. The first-order chi connectivity index (χ1) is 16.6. The van der Waals surface area contributed by atoms with Gasteiger partial charge in [-0.1, -0.05) is 6.07 Å². The van der Waals surface area contributed by atoms with Gasteiger partial charge in [-0.15, -0.1) is 0 Å². The minimum Gasteiger partial charge on any atom is -0.494 e. The van der Waals surface area contributed by atoms with E-state index in [0.717, 1.165) is 17.0 Å². The third kappa shape index (κ3) is 5.92. The van der Waals surface area contributed by atoms with Gasteiger partial charge < -0.3 is 25.8 Å². The van der Waals surface area contributed by atoms with E-state index in [0.29, 0.717) is 23.8 Å². The summed E-state index contributed by atoms with van der Waals surface area (Å²) in [4.78, 5) is 38.1. The molecule has 0 aromatic heterocycles. The molecule has 0 radical (unpaired) electrons. The lowest BCUT2D eigenvalue weighted by Crippen LogP contribution is -2.65. The smallest absolute Gasteiger partial charge is 0.329 e. The van der Waals surface area contributed by atoms with E-state index in [-0.39, 0.29) is 43.9 Å². The van der Waals surface area contributed by atoms with Crippen molar-refractivity contribution in [2.45, 2.75) is 31.2 Å². The van der Waals surface area contributed by atoms with Crippen molar-refractivity contribution in [2.24, 2.45) is 5.73 Å². The van der Waals surface area contributed by atoms with Crippen molar-refractivity contribution in [1.29, 1.82) is 5.41 Å². The number of hydrogen-bond donors (Lipinski definition) is 4. The van der Waals surface area contributed by atoms with Crippen LogP contribution in [0.3, 0.4) is 0 Å². The number of ether oxygens (including phenoxy) is 1. The zero-order valence-electron chi connectivity index (χ0n) is 18.9. The first-order valence-corrected chi connectivity index (χ1v) is 11.0. The highest BCUT2D eigenvalue weighted by atomic mass is 19.1. The lowest BCUT2D eigenvalue weighted by molar-refractivity contribution is -0.165. The van der Waals surface area contributed by atoms with Gasteiger partial charge in [-0.25, -0.2) is 13.6 Å². The van der Waals surface area contributed by atoms with Crippen molar-refractivity contribution < 1.29 is 33.0 Å². The fourth-order valence-electron chi connectivity index (χ4n) is 4.03. The molecule has 0 aliphatic carbocycles. The molecule has 3 rings (SSSR count). The summed E-state index contributed by atoms with van der Waals surface area (Å²) >= 11 is 0. The molecular weight excluding hydrogens is 462 g/mol. The van der Waals surface area contributed by atoms with E-state index in [9.17, 15) is 28.3 Å². The summed E-state index contributed by atoms with van der Waals surface area (Å²) in [5.41, 5.74) is 3.99. The largest absolute Gasteiger partial charge is 0.494 e. The van der Waals surface area contributed by atoms with Crippen LogP contribution in [0.2, 0.25) is 0 Å². The van der Waals surface area contributed by atoms with Crippen molar-refractivity contribution in [3.63, 3.8) is 0 Å². The molecule has 9 nitrogen and oxygen atoms in total. The van der Waals surface area contributed by atoms with Crippen molar-refractivity contribution in [3.05, 3.63) is 65.2 Å². The molecule has 2 aromatic carbocycles. The Balaban J connectivity index is 1.75. The zero-order chi connectivity index (χ0) is 25.6. The summed E-state index contributed by atoms with van der Waals surface area (Å²) in [6, 6.07) is 9.39. The number of carboxylic acids is 1. The van der Waals surface area contributed by atoms with Crippen LogP contribution in [-0.2, 0) is 20.8 Å². The third-order valence-corrected chi connectivity index (χ3v) is 5.89. The molecule has 0 saturated carbocycles. The minimum absolute atomic E-state index is 0.0569. The number of halogens is 2. The molecule has 2 amide bonds. The number of unbranched alkanes of at least 4 members (excludes halogenated alkanes) is 1. The average Bonchev–Trinajstić information content (AvgIpc) is 2.81. The fraction of sp³-hybridized carbons (Fsp3) is 0.333. The first-order valence-electron chi connectivity index (χ1n) is 11.0. The van der Waals surface area contributed by atoms with Crippen LogP contribution in [-0.4, -0.2) is 58.9 Å². The molecule has 1 aliphatic heterocycles. The SMILES string of the molecule is N=C(N)c1ccc(OCCCCC(Cc2ccc(F)cc2F)(C(=O)O)N2CCNC(=O)C2=O)cc1. The second-order valence-corrected chi connectivity index (χ2v) is 8.21. The Kier molecular flexibility index (Phi) is 8.00. The molecule has 35 heavy (non-hydrogen) atoms. The quantitative estimate of drug-likeness (QED) is 0.164. The standard InChI is InChI=1S/C24H26F2N4O5/c25-17-6-3-16(19(26)13-17)14-24(23(33)34,30-11-10-29-21(31)22(30)32)9-1-2-12-35-18-7-4-15(5-8-18)20(27)28/h3-8,13H,1-2,9-12,14H2,(H3,27,28)(H,29,31)(H,33,34). The van der Waals surface area contributed by atoms with Gasteiger partial charge in [-0.05, 0) is 55.2 Å². The molecular formula is C24H26F2N4O5. The van der Waals surface area contributed by atoms with Gasteiger partial charge in [-0.3, -0.25) is 15.0 Å². The van der Waals surface area contributed by atoms with E-state index >= 15 is 0 Å². The van der Waals surface area contributed by atoms with E-state index in [1.165, 1.54) is 0 Å². The Labute approximate surface area is 200 Å². The number of piperazine rings is 1. The molecule has 11 heteroatoms. The number of carbonyl (C=O) groups is 3. The van der Waals surface area contributed by atoms with Crippen LogP contribution < -0.4 is 15.8 Å². The number of nitrogen functional groups attached to an aromatic ring is 1. The number of nitrogens with zero attached hydrogens (tertiary/aromatic N) is 1. The highest BCUT2D eigenvalue weighted by Crippen LogP contribution is 2.30. The second-order valence-electron chi connectivity index (χ2n) is 8.21. The number of carboxylic acid groups (broad SMARTS) is 1. The van der Waals surface area contributed by atoms with Gasteiger partial charge in [0.25, 0.3) is 0 Å². The first kappa shape index (κ1) is 25.6. The van der Waals surface area contributed by atoms with Crippen LogP contribution in [0.1, 0.15) is 30.4 Å². The van der Waals surface area contributed by atoms with Crippen molar-refractivity contribution in [1.82, 2.24) is 10.2 Å². The number of nitrogens with two attached hydrogens (primary N) is 1. The van der Waals surface area contributed by atoms with Gasteiger partial charge in [0, 0.05) is 31.1 Å². The number of benzene rings is 2. The summed E-state index contributed by atoms with van der Waals surface area (Å²) < 4.78 is 33.5. The molecule has 2 aromatic rings. The number of amides is 2. The highest BCUT2D eigenvalue weighted by Gasteiger charge is 2.49. The topological polar surface area (TPSA) is 146 Å². The Morgan fingerprint density at radius 2 is 1.89 bits per heavy atom. The maximum absolute atomic E-state index is 14.4. The molecule has 1 heterocycles. The van der Waals surface area contributed by atoms with Gasteiger partial charge in [0.15, 0.2) is 0 Å². The molecule has 1 saturated heterocycles. The summed E-state index contributed by atoms with van der Waals surface area (Å²) in [7, 11) is 0. The second kappa shape index (κ2) is 10.9. The van der Waals surface area contributed by atoms with Gasteiger partial charge in [-0.2, -0.15) is 0 Å². The minimum atomic E-state index is -1.91. The lowest BCUT2D eigenvalue weighted by Gasteiger charge is -2.42. The molecule has 1 fully saturated rings. The number of rotatable bonds is 11. The van der Waals surface area contributed by atoms with Crippen molar-refractivity contribution >= 4 is 23.6 Å². The Morgan fingerprint density at radius 1 is 1.17 bits per heavy atom. The van der Waals surface area contributed by atoms with E-state index in [1.54, 1.807) is 24.3 Å². The molecule has 5 N–H and O–H groups in total. The summed E-state index contributed by atoms with van der Waals surface area (Å²) in [5.74, 6) is -4.60. The number of aliphatic carboxylic acids is 1. The van der Waals surface area contributed by atoms with Crippen molar-refractivity contribution in [3.8, 4) is 5.75 Å². The maximum atomic E-state index is 14.4. The van der Waals surface area contributed by atoms with Crippen LogP contribution in [0.15, 0.2) is 42.5 Å². The Hall–Kier alpha value is -4.02. The summed E-state index contributed by atoms with van der Waals surface area (Å²) in [6.07, 6.45) is 0.182. The van der Waals surface area contributed by atoms with Gasteiger partial charge in [0.05, 0.1) is 6.61 Å².